The van der Waals surface area contributed by atoms with Crippen molar-refractivity contribution in [3.8, 4) is 0 Å². The van der Waals surface area contributed by atoms with Crippen LogP contribution in [0.3, 0.4) is 0 Å². The molecule has 1 heterocycles. The van der Waals surface area contributed by atoms with E-state index in [-0.39, 0.29) is 11.2 Å². The molecule has 0 aromatic carbocycles. The van der Waals surface area contributed by atoms with E-state index in [2.05, 4.69) is 4.98 Å². The van der Waals surface area contributed by atoms with Crippen LogP contribution < -0.4 is 11.2 Å². The van der Waals surface area contributed by atoms with Crippen LogP contribution >= 0.6 is 45.2 Å². The minimum atomic E-state index is -0.375. The molecule has 0 atom stereocenters. The van der Waals surface area contributed by atoms with Crippen LogP contribution in [-0.4, -0.2) is 9.55 Å². The number of rotatable bonds is 0. The van der Waals surface area contributed by atoms with Crippen LogP contribution in [0.2, 0.25) is 0 Å². The Morgan fingerprint density at radius 2 is 1.91 bits per heavy atom. The molecule has 11 heavy (non-hydrogen) atoms. The van der Waals surface area contributed by atoms with Crippen molar-refractivity contribution in [3.63, 3.8) is 0 Å². The van der Waals surface area contributed by atoms with Gasteiger partial charge in [0.05, 0.1) is 0 Å². The average molecular weight is 378 g/mol. The molecule has 1 rings (SSSR count). The summed E-state index contributed by atoms with van der Waals surface area (Å²) < 4.78 is 2.60. The summed E-state index contributed by atoms with van der Waals surface area (Å²) in [5, 5.41) is 0. The molecule has 6 heteroatoms. The lowest BCUT2D eigenvalue weighted by atomic mass is 10.6. The van der Waals surface area contributed by atoms with Crippen molar-refractivity contribution in [3.05, 3.63) is 28.1 Å². The quantitative estimate of drug-likeness (QED) is 0.521. The summed E-state index contributed by atoms with van der Waals surface area (Å²) in [5.41, 5.74) is -0.696. The number of aromatic nitrogens is 2. The molecule has 60 valence electrons. The zero-order valence-corrected chi connectivity index (χ0v) is 9.83. The Morgan fingerprint density at radius 3 is 2.45 bits per heavy atom. The monoisotopic (exact) mass is 378 g/mol. The van der Waals surface area contributed by atoms with Gasteiger partial charge in [0.25, 0.3) is 5.56 Å². The van der Waals surface area contributed by atoms with Gasteiger partial charge in [-0.1, -0.05) is 0 Å². The number of hydrogen-bond acceptors (Lipinski definition) is 2. The largest absolute Gasteiger partial charge is 0.328 e. The number of nitrogens with one attached hydrogen (secondary N) is 1. The summed E-state index contributed by atoms with van der Waals surface area (Å²) >= 11 is 3.86. The van der Waals surface area contributed by atoms with Crippen molar-refractivity contribution in [1.29, 1.82) is 0 Å². The van der Waals surface area contributed by atoms with Gasteiger partial charge in [0.15, 0.2) is 0 Å². The van der Waals surface area contributed by atoms with E-state index < -0.39 is 0 Å². The second-order valence-corrected chi connectivity index (χ2v) is 4.02. The van der Waals surface area contributed by atoms with Gasteiger partial charge in [0.1, 0.15) is 7.27 Å². The Bertz CT molecular complexity index is 358. The molecule has 1 N–H and O–H groups in total. The zero-order chi connectivity index (χ0) is 8.59. The first kappa shape index (κ1) is 9.23. The van der Waals surface area contributed by atoms with Crippen LogP contribution in [0.15, 0.2) is 9.59 Å². The first-order valence-electron chi connectivity index (χ1n) is 2.68. The number of halogens is 2. The zero-order valence-electron chi connectivity index (χ0n) is 5.52. The smallest absolute Gasteiger partial charge is 0.291 e. The Morgan fingerprint density at radius 1 is 1.36 bits per heavy atom. The summed E-state index contributed by atoms with van der Waals surface area (Å²) in [4.78, 5) is 24.0. The highest BCUT2D eigenvalue weighted by Gasteiger charge is 2.05. The maximum Gasteiger partial charge on any atom is 0.328 e. The molecule has 0 saturated heterocycles. The van der Waals surface area contributed by atoms with Crippen molar-refractivity contribution in [2.24, 2.45) is 7.05 Å². The number of H-pyrrole nitrogens is 1. The van der Waals surface area contributed by atoms with Gasteiger partial charge in [-0.3, -0.25) is 14.3 Å². The number of hydrogen-bond donors (Lipinski definition) is 1. The van der Waals surface area contributed by atoms with Gasteiger partial charge in [-0.2, -0.15) is 0 Å². The SMILES string of the molecule is Cn1c(I)c(I)c(=O)[nH]c1=O. The van der Waals surface area contributed by atoms with Gasteiger partial charge in [-0.05, 0) is 45.2 Å². The Hall–Kier alpha value is 0.140. The van der Waals surface area contributed by atoms with Crippen LogP contribution in [0.1, 0.15) is 0 Å². The summed E-state index contributed by atoms with van der Waals surface area (Å²) in [6.45, 7) is 0. The lowest BCUT2D eigenvalue weighted by Crippen LogP contribution is -2.32. The highest BCUT2D eigenvalue weighted by atomic mass is 127. The van der Waals surface area contributed by atoms with E-state index >= 15 is 0 Å². The highest BCUT2D eigenvalue weighted by Crippen LogP contribution is 2.05. The fraction of sp³-hybridized carbons (Fsp3) is 0.200. The van der Waals surface area contributed by atoms with Crippen LogP contribution in [0.25, 0.3) is 0 Å². The topological polar surface area (TPSA) is 54.9 Å². The predicted octanol–water partition coefficient (Wildman–Crippen LogP) is 0.283. The number of nitrogens with zero attached hydrogens (tertiary/aromatic N) is 1. The molecule has 0 unspecified atom stereocenters. The van der Waals surface area contributed by atoms with Gasteiger partial charge in [-0.15, -0.1) is 0 Å². The fourth-order valence-electron chi connectivity index (χ4n) is 0.566. The Labute approximate surface area is 89.3 Å². The predicted molar refractivity (Wildman–Crippen MR) is 57.7 cm³/mol. The third-order valence-electron chi connectivity index (χ3n) is 1.20. The lowest BCUT2D eigenvalue weighted by Gasteiger charge is -2.00. The van der Waals surface area contributed by atoms with E-state index in [1.807, 2.05) is 45.2 Å². The number of aromatic amines is 1. The van der Waals surface area contributed by atoms with Gasteiger partial charge in [0, 0.05) is 7.05 Å². The van der Waals surface area contributed by atoms with Gasteiger partial charge in [0.2, 0.25) is 0 Å². The van der Waals surface area contributed by atoms with Crippen LogP contribution in [0, 0.1) is 7.27 Å². The van der Waals surface area contributed by atoms with Crippen molar-refractivity contribution in [2.75, 3.05) is 0 Å². The molecule has 0 fully saturated rings. The summed E-state index contributed by atoms with van der Waals surface area (Å²) in [6.07, 6.45) is 0. The normalized spacial score (nSPS) is 10.1. The first-order valence-corrected chi connectivity index (χ1v) is 4.84. The van der Waals surface area contributed by atoms with E-state index in [0.29, 0.717) is 7.27 Å². The standard InChI is InChI=1S/C5H4I2N2O2/c1-9-3(7)2(6)4(10)8-5(9)11/h1H3,(H,8,10,11). The summed E-state index contributed by atoms with van der Waals surface area (Å²) in [5.74, 6) is 0. The van der Waals surface area contributed by atoms with E-state index in [1.165, 1.54) is 4.57 Å². The molecule has 1 aromatic rings. The van der Waals surface area contributed by atoms with Crippen molar-refractivity contribution in [1.82, 2.24) is 9.55 Å². The minimum Gasteiger partial charge on any atom is -0.291 e. The highest BCUT2D eigenvalue weighted by molar-refractivity contribution is 14.1. The van der Waals surface area contributed by atoms with Crippen LogP contribution in [-0.2, 0) is 7.05 Å². The summed E-state index contributed by atoms with van der Waals surface area (Å²) in [6, 6.07) is 0. The molecule has 1 aromatic heterocycles. The lowest BCUT2D eigenvalue weighted by molar-refractivity contribution is 0.766. The molecule has 0 radical (unpaired) electrons. The maximum atomic E-state index is 10.9. The molecule has 0 aliphatic carbocycles. The Kier molecular flexibility index (Phi) is 2.73. The van der Waals surface area contributed by atoms with Gasteiger partial charge >= 0.3 is 5.69 Å². The first-order chi connectivity index (χ1) is 5.04. The second kappa shape index (κ2) is 3.25. The third-order valence-corrected chi connectivity index (χ3v) is 4.50. The maximum absolute atomic E-state index is 10.9. The fourth-order valence-corrected chi connectivity index (χ4v) is 1.53. The van der Waals surface area contributed by atoms with E-state index in [1.54, 1.807) is 7.05 Å². The van der Waals surface area contributed by atoms with E-state index in [4.69, 9.17) is 0 Å². The molecule has 0 bridgehead atoms. The van der Waals surface area contributed by atoms with Crippen molar-refractivity contribution in [2.45, 2.75) is 0 Å². The minimum absolute atomic E-state index is 0.321. The van der Waals surface area contributed by atoms with E-state index in [0.717, 1.165) is 0 Å². The third kappa shape index (κ3) is 1.66. The van der Waals surface area contributed by atoms with Crippen LogP contribution in [0.5, 0.6) is 0 Å². The van der Waals surface area contributed by atoms with E-state index in [9.17, 15) is 9.59 Å². The summed E-state index contributed by atoms with van der Waals surface area (Å²) in [7, 11) is 1.61. The van der Waals surface area contributed by atoms with Crippen LogP contribution in [0.4, 0.5) is 0 Å². The van der Waals surface area contributed by atoms with Gasteiger partial charge in [-0.25, -0.2) is 4.79 Å². The molecule has 0 aliphatic rings. The molecule has 0 spiro atoms. The molecular formula is C5H4I2N2O2. The Balaban J connectivity index is 3.73. The second-order valence-electron chi connectivity index (χ2n) is 1.92. The molecular weight excluding hydrogens is 374 g/mol. The molecule has 0 amide bonds. The molecule has 4 nitrogen and oxygen atoms in total. The molecule has 0 aliphatic heterocycles. The van der Waals surface area contributed by atoms with Crippen molar-refractivity contribution >= 4 is 45.2 Å². The van der Waals surface area contributed by atoms with Crippen molar-refractivity contribution < 1.29 is 0 Å². The van der Waals surface area contributed by atoms with Gasteiger partial charge < -0.3 is 0 Å². The average Bonchev–Trinajstić information content (AvgIpc) is 1.97. The molecule has 0 saturated carbocycles.